The third-order valence-corrected chi connectivity index (χ3v) is 3.40. The Hall–Kier alpha value is -1.81. The summed E-state index contributed by atoms with van der Waals surface area (Å²) in [5.41, 5.74) is 2.16. The lowest BCUT2D eigenvalue weighted by atomic mass is 9.93. The summed E-state index contributed by atoms with van der Waals surface area (Å²) in [6.07, 6.45) is 2.15. The Morgan fingerprint density at radius 1 is 1.23 bits per heavy atom. The highest BCUT2D eigenvalue weighted by Gasteiger charge is 2.17. The van der Waals surface area contributed by atoms with Crippen molar-refractivity contribution in [2.24, 2.45) is 0 Å². The van der Waals surface area contributed by atoms with Gasteiger partial charge in [0.15, 0.2) is 0 Å². The van der Waals surface area contributed by atoms with Gasteiger partial charge >= 0.3 is 0 Å². The molecule has 0 aliphatic rings. The molecule has 0 saturated heterocycles. The summed E-state index contributed by atoms with van der Waals surface area (Å²) in [6, 6.07) is 10.1. The molecule has 0 amide bonds. The van der Waals surface area contributed by atoms with Gasteiger partial charge in [0.1, 0.15) is 11.9 Å². The van der Waals surface area contributed by atoms with Crippen molar-refractivity contribution in [3.8, 4) is 11.4 Å². The molecule has 4 nitrogen and oxygen atoms in total. The van der Waals surface area contributed by atoms with E-state index < -0.39 is 0 Å². The Morgan fingerprint density at radius 2 is 1.95 bits per heavy atom. The second-order valence-electron chi connectivity index (χ2n) is 7.08. The zero-order valence-corrected chi connectivity index (χ0v) is 14.5. The van der Waals surface area contributed by atoms with Crippen LogP contribution in [0.4, 0.5) is 0 Å². The average molecular weight is 301 g/mol. The third kappa shape index (κ3) is 4.34. The second kappa shape index (κ2) is 6.53. The summed E-state index contributed by atoms with van der Waals surface area (Å²) in [6.45, 7) is 9.48. The zero-order chi connectivity index (χ0) is 16.3. The molecule has 0 fully saturated rings. The Morgan fingerprint density at radius 3 is 2.55 bits per heavy atom. The average Bonchev–Trinajstić information content (AvgIpc) is 2.87. The number of nitrogens with zero attached hydrogens (tertiary/aromatic N) is 3. The molecule has 0 saturated carbocycles. The number of hydrogen-bond acceptors (Lipinski definition) is 3. The molecule has 1 heterocycles. The lowest BCUT2D eigenvalue weighted by molar-refractivity contribution is 0.177. The van der Waals surface area contributed by atoms with Crippen molar-refractivity contribution in [2.75, 3.05) is 20.6 Å². The van der Waals surface area contributed by atoms with Gasteiger partial charge < -0.3 is 9.64 Å². The van der Waals surface area contributed by atoms with Crippen LogP contribution in [0.1, 0.15) is 33.4 Å². The molecule has 4 heteroatoms. The van der Waals surface area contributed by atoms with Crippen molar-refractivity contribution in [2.45, 2.75) is 39.2 Å². The minimum atomic E-state index is 0.0551. The molecule has 1 atom stereocenters. The van der Waals surface area contributed by atoms with Crippen LogP contribution in [0.15, 0.2) is 36.5 Å². The fraction of sp³-hybridized carbons (Fsp3) is 0.500. The first-order chi connectivity index (χ1) is 10.3. The normalized spacial score (nSPS) is 13.4. The van der Waals surface area contributed by atoms with Gasteiger partial charge in [0.2, 0.25) is 0 Å². The number of hydrogen-bond donors (Lipinski definition) is 0. The van der Waals surface area contributed by atoms with E-state index in [0.29, 0.717) is 0 Å². The number of ether oxygens (including phenoxy) is 1. The van der Waals surface area contributed by atoms with Crippen LogP contribution in [-0.4, -0.2) is 41.4 Å². The van der Waals surface area contributed by atoms with Crippen molar-refractivity contribution in [1.29, 1.82) is 0 Å². The maximum atomic E-state index is 5.98. The molecule has 0 aliphatic carbocycles. The zero-order valence-electron chi connectivity index (χ0n) is 14.5. The van der Waals surface area contributed by atoms with E-state index in [4.69, 9.17) is 4.74 Å². The van der Waals surface area contributed by atoms with Gasteiger partial charge in [-0.2, -0.15) is 5.10 Å². The Labute approximate surface area is 133 Å². The molecule has 0 N–H and O–H groups in total. The first kappa shape index (κ1) is 16.6. The summed E-state index contributed by atoms with van der Waals surface area (Å²) in [5, 5.41) is 4.67. The number of benzene rings is 1. The van der Waals surface area contributed by atoms with Gasteiger partial charge in [-0.05, 0) is 39.2 Å². The van der Waals surface area contributed by atoms with Gasteiger partial charge in [-0.25, -0.2) is 4.68 Å². The minimum Gasteiger partial charge on any atom is -0.489 e. The van der Waals surface area contributed by atoms with Crippen LogP contribution in [-0.2, 0) is 5.41 Å². The van der Waals surface area contributed by atoms with Gasteiger partial charge in [-0.15, -0.1) is 0 Å². The number of aromatic nitrogens is 2. The first-order valence-electron chi connectivity index (χ1n) is 7.73. The molecule has 120 valence electrons. The second-order valence-corrected chi connectivity index (χ2v) is 7.08. The van der Waals surface area contributed by atoms with E-state index in [1.54, 1.807) is 0 Å². The standard InChI is InChI=1S/C18H27N3O/c1-14(13-20(5)6)22-16-9-7-8-15(12-16)21-11-10-17(19-21)18(2,3)4/h7-12,14H,13H2,1-6H3/t14-/m1/s1. The van der Waals surface area contributed by atoms with E-state index in [9.17, 15) is 0 Å². The van der Waals surface area contributed by atoms with Crippen LogP contribution in [0.5, 0.6) is 5.75 Å². The quantitative estimate of drug-likeness (QED) is 0.847. The van der Waals surface area contributed by atoms with Gasteiger partial charge in [0.05, 0.1) is 11.4 Å². The fourth-order valence-electron chi connectivity index (χ4n) is 2.35. The largest absolute Gasteiger partial charge is 0.489 e. The number of rotatable bonds is 5. The summed E-state index contributed by atoms with van der Waals surface area (Å²) >= 11 is 0. The Bertz CT molecular complexity index is 611. The summed E-state index contributed by atoms with van der Waals surface area (Å²) in [7, 11) is 4.10. The molecule has 22 heavy (non-hydrogen) atoms. The number of likely N-dealkylation sites (N-methyl/N-ethyl adjacent to an activating group) is 1. The van der Waals surface area contributed by atoms with Gasteiger partial charge in [0.25, 0.3) is 0 Å². The smallest absolute Gasteiger partial charge is 0.121 e. The van der Waals surface area contributed by atoms with Crippen LogP contribution >= 0.6 is 0 Å². The third-order valence-electron chi connectivity index (χ3n) is 3.40. The lowest BCUT2D eigenvalue weighted by Gasteiger charge is -2.19. The van der Waals surface area contributed by atoms with Crippen molar-refractivity contribution in [3.05, 3.63) is 42.2 Å². The predicted molar refractivity (Wildman–Crippen MR) is 90.9 cm³/mol. The predicted octanol–water partition coefficient (Wildman–Crippen LogP) is 3.50. The summed E-state index contributed by atoms with van der Waals surface area (Å²) < 4.78 is 7.89. The molecule has 0 radical (unpaired) electrons. The van der Waals surface area contributed by atoms with E-state index in [0.717, 1.165) is 23.7 Å². The van der Waals surface area contributed by atoms with Crippen LogP contribution in [0.3, 0.4) is 0 Å². The highest BCUT2D eigenvalue weighted by atomic mass is 16.5. The lowest BCUT2D eigenvalue weighted by Crippen LogP contribution is -2.27. The molecule has 0 spiro atoms. The highest BCUT2D eigenvalue weighted by molar-refractivity contribution is 5.39. The van der Waals surface area contributed by atoms with Crippen LogP contribution in [0.2, 0.25) is 0 Å². The van der Waals surface area contributed by atoms with E-state index in [-0.39, 0.29) is 11.5 Å². The molecule has 2 aromatic rings. The van der Waals surface area contributed by atoms with Gasteiger partial charge in [-0.3, -0.25) is 0 Å². The fourth-order valence-corrected chi connectivity index (χ4v) is 2.35. The van der Waals surface area contributed by atoms with Gasteiger partial charge in [0, 0.05) is 24.2 Å². The molecule has 1 aromatic carbocycles. The van der Waals surface area contributed by atoms with Crippen molar-refractivity contribution >= 4 is 0 Å². The summed E-state index contributed by atoms with van der Waals surface area (Å²) in [4.78, 5) is 2.12. The highest BCUT2D eigenvalue weighted by Crippen LogP contribution is 2.22. The van der Waals surface area contributed by atoms with Gasteiger partial charge in [-0.1, -0.05) is 26.8 Å². The molecule has 1 aromatic heterocycles. The van der Waals surface area contributed by atoms with Crippen molar-refractivity contribution in [3.63, 3.8) is 0 Å². The first-order valence-corrected chi connectivity index (χ1v) is 7.73. The molecule has 2 rings (SSSR count). The van der Waals surface area contributed by atoms with Crippen LogP contribution in [0.25, 0.3) is 5.69 Å². The van der Waals surface area contributed by atoms with E-state index >= 15 is 0 Å². The molecule has 0 aliphatic heterocycles. The maximum Gasteiger partial charge on any atom is 0.121 e. The maximum absolute atomic E-state index is 5.98. The van der Waals surface area contributed by atoms with Crippen LogP contribution < -0.4 is 4.74 Å². The molecule has 0 bridgehead atoms. The summed E-state index contributed by atoms with van der Waals surface area (Å²) in [5.74, 6) is 0.875. The molecular formula is C18H27N3O. The van der Waals surface area contributed by atoms with Crippen molar-refractivity contribution < 1.29 is 4.74 Å². The Kier molecular flexibility index (Phi) is 4.91. The topological polar surface area (TPSA) is 30.3 Å². The van der Waals surface area contributed by atoms with E-state index in [1.165, 1.54) is 0 Å². The van der Waals surface area contributed by atoms with Crippen molar-refractivity contribution in [1.82, 2.24) is 14.7 Å². The van der Waals surface area contributed by atoms with E-state index in [1.807, 2.05) is 49.2 Å². The monoisotopic (exact) mass is 301 g/mol. The van der Waals surface area contributed by atoms with E-state index in [2.05, 4.69) is 43.8 Å². The Balaban J connectivity index is 2.16. The minimum absolute atomic E-state index is 0.0551. The van der Waals surface area contributed by atoms with Crippen LogP contribution in [0, 0.1) is 0 Å². The SMILES string of the molecule is C[C@H](CN(C)C)Oc1cccc(-n2ccc(C(C)(C)C)n2)c1. The molecule has 0 unspecified atom stereocenters. The molecular weight excluding hydrogens is 274 g/mol.